The predicted molar refractivity (Wildman–Crippen MR) is 139 cm³/mol. The monoisotopic (exact) mass is 508 g/mol. The Morgan fingerprint density at radius 3 is 2.47 bits per heavy atom. The van der Waals surface area contributed by atoms with E-state index in [2.05, 4.69) is 4.98 Å². The van der Waals surface area contributed by atoms with Gasteiger partial charge in [-0.2, -0.15) is 0 Å². The number of para-hydroxylation sites is 1. The van der Waals surface area contributed by atoms with Crippen molar-refractivity contribution in [1.82, 2.24) is 9.88 Å². The highest BCUT2D eigenvalue weighted by Gasteiger charge is 2.40. The molecule has 0 fully saturated rings. The number of H-pyrrole nitrogens is 1. The Bertz CT molecular complexity index is 1430. The summed E-state index contributed by atoms with van der Waals surface area (Å²) in [7, 11) is 0. The van der Waals surface area contributed by atoms with Crippen LogP contribution in [0, 0.1) is 5.82 Å². The van der Waals surface area contributed by atoms with Crippen molar-refractivity contribution < 1.29 is 18.7 Å². The fourth-order valence-corrected chi connectivity index (χ4v) is 5.63. The summed E-state index contributed by atoms with van der Waals surface area (Å²) in [6.07, 6.45) is 0.708. The van der Waals surface area contributed by atoms with Crippen LogP contribution in [0.1, 0.15) is 54.0 Å². The lowest BCUT2D eigenvalue weighted by molar-refractivity contribution is 0.0656. The Hall–Kier alpha value is -3.22. The number of alkyl halides is 1. The molecule has 36 heavy (non-hydrogen) atoms. The molecule has 0 saturated heterocycles. The number of nitrogens with zero attached hydrogens (tertiary/aromatic N) is 1. The minimum atomic E-state index is -1.50. The van der Waals surface area contributed by atoms with Crippen molar-refractivity contribution in [3.8, 4) is 11.1 Å². The van der Waals surface area contributed by atoms with Crippen molar-refractivity contribution in [2.75, 3.05) is 6.54 Å². The van der Waals surface area contributed by atoms with Gasteiger partial charge in [-0.3, -0.25) is 4.90 Å². The van der Waals surface area contributed by atoms with E-state index < -0.39 is 23.5 Å². The molecule has 7 heteroatoms. The molecule has 1 aromatic heterocycles. The van der Waals surface area contributed by atoms with Crippen molar-refractivity contribution in [2.45, 2.75) is 44.9 Å². The molecule has 4 aromatic rings. The lowest BCUT2D eigenvalue weighted by Gasteiger charge is -2.43. The predicted octanol–water partition coefficient (Wildman–Crippen LogP) is 7.41. The molecular weight excluding hydrogens is 482 g/mol. The average molecular weight is 509 g/mol. The number of carboxylic acid groups (broad SMARTS) is 1. The van der Waals surface area contributed by atoms with E-state index >= 15 is 4.39 Å². The van der Waals surface area contributed by atoms with Gasteiger partial charge in [0.25, 0.3) is 0 Å². The number of fused-ring (bicyclic) bond motifs is 3. The third kappa shape index (κ3) is 4.40. The van der Waals surface area contributed by atoms with Crippen LogP contribution in [-0.4, -0.2) is 39.2 Å². The number of aromatic nitrogens is 1. The van der Waals surface area contributed by atoms with Crippen LogP contribution in [0.2, 0.25) is 5.02 Å². The molecule has 1 aliphatic heterocycles. The van der Waals surface area contributed by atoms with Gasteiger partial charge >= 0.3 is 5.97 Å². The highest BCUT2D eigenvalue weighted by Crippen LogP contribution is 2.45. The summed E-state index contributed by atoms with van der Waals surface area (Å²) in [6.45, 7) is 5.20. The molecule has 0 spiro atoms. The molecule has 2 atom stereocenters. The van der Waals surface area contributed by atoms with E-state index in [9.17, 15) is 9.18 Å². The first-order valence-corrected chi connectivity index (χ1v) is 12.3. The molecule has 0 aliphatic carbocycles. The summed E-state index contributed by atoms with van der Waals surface area (Å²) in [6, 6.07) is 16.6. The first-order valence-electron chi connectivity index (χ1n) is 11.9. The second-order valence-corrected chi connectivity index (χ2v) is 10.6. The maximum absolute atomic E-state index is 16.0. The Labute approximate surface area is 213 Å². The zero-order chi connectivity index (χ0) is 25.8. The fraction of sp³-hybridized carbons (Fsp3) is 0.276. The summed E-state index contributed by atoms with van der Waals surface area (Å²) < 4.78 is 30.9. The first kappa shape index (κ1) is 24.5. The molecule has 0 unspecified atom stereocenters. The zero-order valence-corrected chi connectivity index (χ0v) is 21.0. The summed E-state index contributed by atoms with van der Waals surface area (Å²) in [4.78, 5) is 16.6. The molecule has 3 aromatic carbocycles. The SMILES string of the molecule is C[C@@H]1Cc2c([nH]c3ccccc23)[C@@H](c2c(F)cc(-c3ccc(C(=O)O)cc3)cc2Cl)N1CC(C)(C)F. The average Bonchev–Trinajstić information content (AvgIpc) is 3.17. The van der Waals surface area contributed by atoms with E-state index in [1.807, 2.05) is 36.1 Å². The maximum atomic E-state index is 16.0. The van der Waals surface area contributed by atoms with Gasteiger partial charge in [-0.25, -0.2) is 13.6 Å². The van der Waals surface area contributed by atoms with Crippen LogP contribution < -0.4 is 0 Å². The van der Waals surface area contributed by atoms with Crippen LogP contribution in [0.3, 0.4) is 0 Å². The zero-order valence-electron chi connectivity index (χ0n) is 20.3. The highest BCUT2D eigenvalue weighted by molar-refractivity contribution is 6.31. The van der Waals surface area contributed by atoms with Crippen LogP contribution in [-0.2, 0) is 6.42 Å². The number of aromatic amines is 1. The minimum absolute atomic E-state index is 0.0459. The minimum Gasteiger partial charge on any atom is -0.478 e. The van der Waals surface area contributed by atoms with E-state index in [1.54, 1.807) is 18.2 Å². The standard InChI is InChI=1S/C29H27ClF2N2O2/c1-16-12-21-20-6-4-5-7-24(20)33-26(21)27(34(16)15-29(2,3)32)25-22(30)13-19(14-23(25)31)17-8-10-18(11-9-17)28(35)36/h4-11,13-14,16,27,33H,12,15H2,1-3H3,(H,35,36)/t16-,27-/m1/s1. The number of hydrogen-bond donors (Lipinski definition) is 2. The summed E-state index contributed by atoms with van der Waals surface area (Å²) >= 11 is 6.78. The van der Waals surface area contributed by atoms with Crippen LogP contribution in [0.5, 0.6) is 0 Å². The summed E-state index contributed by atoms with van der Waals surface area (Å²) in [5.74, 6) is -1.53. The van der Waals surface area contributed by atoms with E-state index in [-0.39, 0.29) is 23.2 Å². The van der Waals surface area contributed by atoms with E-state index in [0.717, 1.165) is 22.2 Å². The van der Waals surface area contributed by atoms with Gasteiger partial charge in [0.05, 0.1) is 11.6 Å². The normalized spacial score (nSPS) is 18.4. The lowest BCUT2D eigenvalue weighted by Crippen LogP contribution is -2.48. The van der Waals surface area contributed by atoms with Gasteiger partial charge < -0.3 is 10.1 Å². The van der Waals surface area contributed by atoms with Gasteiger partial charge in [-0.1, -0.05) is 41.9 Å². The Kier molecular flexibility index (Phi) is 6.13. The molecule has 1 aliphatic rings. The Balaban J connectivity index is 1.66. The Morgan fingerprint density at radius 2 is 1.83 bits per heavy atom. The molecule has 2 N–H and O–H groups in total. The van der Waals surface area contributed by atoms with Crippen LogP contribution in [0.25, 0.3) is 22.0 Å². The van der Waals surface area contributed by atoms with E-state index in [4.69, 9.17) is 16.7 Å². The third-order valence-corrected chi connectivity index (χ3v) is 7.21. The quantitative estimate of drug-likeness (QED) is 0.295. The van der Waals surface area contributed by atoms with Crippen LogP contribution in [0.4, 0.5) is 8.78 Å². The van der Waals surface area contributed by atoms with Crippen molar-refractivity contribution in [3.63, 3.8) is 0 Å². The molecule has 4 nitrogen and oxygen atoms in total. The summed E-state index contributed by atoms with van der Waals surface area (Å²) in [5, 5.41) is 10.5. The first-order chi connectivity index (χ1) is 17.0. The summed E-state index contributed by atoms with van der Waals surface area (Å²) in [5.41, 5.74) is 3.02. The molecule has 2 heterocycles. The molecule has 186 valence electrons. The van der Waals surface area contributed by atoms with Crippen molar-refractivity contribution in [1.29, 1.82) is 0 Å². The number of aromatic carboxylic acids is 1. The molecule has 0 bridgehead atoms. The van der Waals surface area contributed by atoms with Crippen LogP contribution >= 0.6 is 11.6 Å². The largest absolute Gasteiger partial charge is 0.478 e. The third-order valence-electron chi connectivity index (χ3n) is 6.89. The van der Waals surface area contributed by atoms with Crippen molar-refractivity contribution in [2.24, 2.45) is 0 Å². The molecule has 0 radical (unpaired) electrons. The molecule has 0 saturated carbocycles. The highest BCUT2D eigenvalue weighted by atomic mass is 35.5. The van der Waals surface area contributed by atoms with Gasteiger partial charge in [0.1, 0.15) is 11.5 Å². The number of carbonyl (C=O) groups is 1. The number of benzene rings is 3. The van der Waals surface area contributed by atoms with Gasteiger partial charge in [0, 0.05) is 39.8 Å². The number of rotatable bonds is 5. The lowest BCUT2D eigenvalue weighted by atomic mass is 9.86. The Morgan fingerprint density at radius 1 is 1.14 bits per heavy atom. The van der Waals surface area contributed by atoms with E-state index in [1.165, 1.54) is 32.0 Å². The van der Waals surface area contributed by atoms with Gasteiger partial charge in [-0.15, -0.1) is 0 Å². The van der Waals surface area contributed by atoms with Gasteiger partial charge in [0.2, 0.25) is 0 Å². The second-order valence-electron chi connectivity index (χ2n) is 10.1. The number of nitrogens with one attached hydrogen (secondary N) is 1. The number of carboxylic acids is 1. The van der Waals surface area contributed by atoms with Gasteiger partial charge in [0.15, 0.2) is 0 Å². The smallest absolute Gasteiger partial charge is 0.335 e. The molecular formula is C29H27ClF2N2O2. The topological polar surface area (TPSA) is 56.3 Å². The maximum Gasteiger partial charge on any atom is 0.335 e. The fourth-order valence-electron chi connectivity index (χ4n) is 5.32. The number of halogens is 3. The molecule has 5 rings (SSSR count). The second kappa shape index (κ2) is 9.02. The van der Waals surface area contributed by atoms with Crippen molar-refractivity contribution in [3.05, 3.63) is 93.9 Å². The molecule has 0 amide bonds. The number of hydrogen-bond acceptors (Lipinski definition) is 2. The van der Waals surface area contributed by atoms with Gasteiger partial charge in [-0.05, 0) is 74.2 Å². The van der Waals surface area contributed by atoms with E-state index in [0.29, 0.717) is 23.1 Å². The van der Waals surface area contributed by atoms with Crippen LogP contribution in [0.15, 0.2) is 60.7 Å². The van der Waals surface area contributed by atoms with Crippen molar-refractivity contribution >= 4 is 28.5 Å².